The predicted octanol–water partition coefficient (Wildman–Crippen LogP) is 4.30. The molecular formula is C25H20N3O3Se. The number of benzene rings is 2. The van der Waals surface area contributed by atoms with Crippen LogP contribution in [-0.4, -0.2) is 44.5 Å². The van der Waals surface area contributed by atoms with Gasteiger partial charge in [0.15, 0.2) is 0 Å². The quantitative estimate of drug-likeness (QED) is 0.306. The molecule has 0 fully saturated rings. The van der Waals surface area contributed by atoms with Gasteiger partial charge in [0.1, 0.15) is 0 Å². The van der Waals surface area contributed by atoms with Crippen LogP contribution in [0.4, 0.5) is 17.3 Å². The molecule has 1 aromatic heterocycles. The Balaban J connectivity index is 1.70. The molecule has 159 valence electrons. The third-order valence-corrected chi connectivity index (χ3v) is 6.74. The van der Waals surface area contributed by atoms with Crippen LogP contribution in [0.5, 0.6) is 0 Å². The number of carbonyl (C=O) groups excluding carboxylic acids is 2. The Labute approximate surface area is 194 Å². The van der Waals surface area contributed by atoms with Gasteiger partial charge in [-0.3, -0.25) is 0 Å². The van der Waals surface area contributed by atoms with Gasteiger partial charge in [-0.2, -0.15) is 0 Å². The zero-order valence-corrected chi connectivity index (χ0v) is 19.5. The first-order chi connectivity index (χ1) is 15.3. The molecule has 0 saturated carbocycles. The van der Waals surface area contributed by atoms with Crippen molar-refractivity contribution in [1.29, 1.82) is 0 Å². The first-order valence-corrected chi connectivity index (χ1v) is 11.0. The Hall–Kier alpha value is -3.41. The molecular weight excluding hydrogens is 469 g/mol. The van der Waals surface area contributed by atoms with Crippen molar-refractivity contribution >= 4 is 55.9 Å². The zero-order chi connectivity index (χ0) is 22.6. The molecule has 7 heteroatoms. The van der Waals surface area contributed by atoms with E-state index in [9.17, 15) is 9.59 Å². The minimum absolute atomic E-state index is 0.0285. The molecule has 2 amide bonds. The average molecular weight is 489 g/mol. The molecule has 2 aliphatic rings. The summed E-state index contributed by atoms with van der Waals surface area (Å²) in [4.78, 5) is 32.4. The van der Waals surface area contributed by atoms with Crippen LogP contribution in [-0.2, 0) is 15.0 Å². The van der Waals surface area contributed by atoms with Crippen molar-refractivity contribution in [2.75, 3.05) is 11.9 Å². The Kier molecular flexibility index (Phi) is 4.69. The van der Waals surface area contributed by atoms with Gasteiger partial charge in [0.25, 0.3) is 0 Å². The number of nitrogens with zero attached hydrogens (tertiary/aromatic N) is 3. The number of para-hydroxylation sites is 2. The first-order valence-electron chi connectivity index (χ1n) is 10.2. The topological polar surface area (TPSA) is 66.1 Å². The van der Waals surface area contributed by atoms with Crippen molar-refractivity contribution in [3.05, 3.63) is 83.1 Å². The molecule has 0 bridgehead atoms. The first kappa shape index (κ1) is 20.5. The normalized spacial score (nSPS) is 18.5. The summed E-state index contributed by atoms with van der Waals surface area (Å²) < 4.78 is 6.55. The van der Waals surface area contributed by atoms with Crippen LogP contribution >= 0.6 is 0 Å². The summed E-state index contributed by atoms with van der Waals surface area (Å²) in [5, 5.41) is 0. The molecule has 0 unspecified atom stereocenters. The van der Waals surface area contributed by atoms with Gasteiger partial charge in [-0.25, -0.2) is 0 Å². The van der Waals surface area contributed by atoms with Gasteiger partial charge in [0, 0.05) is 0 Å². The maximum absolute atomic E-state index is 12.7. The molecule has 1 radical (unpaired) electrons. The molecule has 3 aromatic rings. The van der Waals surface area contributed by atoms with Crippen molar-refractivity contribution in [3.8, 4) is 0 Å². The van der Waals surface area contributed by atoms with E-state index in [1.165, 1.54) is 11.0 Å². The predicted molar refractivity (Wildman–Crippen MR) is 124 cm³/mol. The van der Waals surface area contributed by atoms with E-state index in [-0.39, 0.29) is 15.7 Å². The molecule has 3 heterocycles. The van der Waals surface area contributed by atoms with Crippen molar-refractivity contribution in [1.82, 2.24) is 4.90 Å². The number of amidine groups is 1. The second-order valence-corrected chi connectivity index (χ2v) is 9.07. The summed E-state index contributed by atoms with van der Waals surface area (Å²) in [6, 6.07) is 20.1. The number of rotatable bonds is 2. The third kappa shape index (κ3) is 3.05. The Morgan fingerprint density at radius 1 is 1.00 bits per heavy atom. The number of fused-ring (bicyclic) bond motifs is 2. The van der Waals surface area contributed by atoms with Crippen molar-refractivity contribution < 1.29 is 14.0 Å². The fourth-order valence-corrected chi connectivity index (χ4v) is 4.56. The van der Waals surface area contributed by atoms with E-state index in [0.29, 0.717) is 11.6 Å². The van der Waals surface area contributed by atoms with E-state index in [4.69, 9.17) is 4.42 Å². The van der Waals surface area contributed by atoms with Crippen molar-refractivity contribution in [2.45, 2.75) is 19.3 Å². The molecule has 2 aliphatic heterocycles. The summed E-state index contributed by atoms with van der Waals surface area (Å²) in [5.41, 5.74) is 3.77. The van der Waals surface area contributed by atoms with E-state index < -0.39 is 11.8 Å². The van der Waals surface area contributed by atoms with Gasteiger partial charge in [-0.05, 0) is 0 Å². The fraction of sp³-hybridized carbons (Fsp3) is 0.160. The van der Waals surface area contributed by atoms with Gasteiger partial charge >= 0.3 is 188 Å². The van der Waals surface area contributed by atoms with E-state index in [1.807, 2.05) is 48.5 Å². The summed E-state index contributed by atoms with van der Waals surface area (Å²) in [6.45, 7) is 4.29. The molecule has 0 aliphatic carbocycles. The summed E-state index contributed by atoms with van der Waals surface area (Å²) in [5.74, 6) is 0.0961. The van der Waals surface area contributed by atoms with Crippen LogP contribution < -0.4 is 4.90 Å². The monoisotopic (exact) mass is 490 g/mol. The molecule has 6 nitrogen and oxygen atoms in total. The Morgan fingerprint density at radius 2 is 1.69 bits per heavy atom. The summed E-state index contributed by atoms with van der Waals surface area (Å²) in [6.07, 6.45) is 1.49. The SMILES string of the molecule is CN1C(=O)/C(=C/c2cc3c(o2)N(c2ccccc2)c2ccccc2C3(C)C)C(=O)N=C1[Se]. The average Bonchev–Trinajstić information content (AvgIpc) is 3.21. The van der Waals surface area contributed by atoms with Crippen LogP contribution in [0, 0.1) is 0 Å². The zero-order valence-electron chi connectivity index (χ0n) is 17.8. The molecule has 0 spiro atoms. The van der Waals surface area contributed by atoms with Crippen LogP contribution in [0.1, 0.15) is 30.7 Å². The number of aliphatic imine (C=N–C) groups is 1. The Morgan fingerprint density at radius 3 is 2.44 bits per heavy atom. The Bertz CT molecular complexity index is 1320. The summed E-state index contributed by atoms with van der Waals surface area (Å²) in [7, 11) is 1.57. The van der Waals surface area contributed by atoms with E-state index in [1.54, 1.807) is 7.05 Å². The van der Waals surface area contributed by atoms with Crippen LogP contribution in [0.3, 0.4) is 0 Å². The van der Waals surface area contributed by atoms with Crippen LogP contribution in [0.25, 0.3) is 6.08 Å². The number of carbonyl (C=O) groups is 2. The van der Waals surface area contributed by atoms with Crippen LogP contribution in [0.15, 0.2) is 75.6 Å². The molecule has 0 saturated heterocycles. The second-order valence-electron chi connectivity index (χ2n) is 8.30. The van der Waals surface area contributed by atoms with Gasteiger partial charge < -0.3 is 0 Å². The van der Waals surface area contributed by atoms with E-state index >= 15 is 0 Å². The number of likely N-dealkylation sites (N-methyl/N-ethyl adjacent to an activating group) is 1. The van der Waals surface area contributed by atoms with Crippen molar-refractivity contribution in [3.63, 3.8) is 0 Å². The molecule has 0 N–H and O–H groups in total. The second kappa shape index (κ2) is 7.33. The number of hydrogen-bond donors (Lipinski definition) is 0. The molecule has 0 atom stereocenters. The standard InChI is InChI=1S/C25H20N3O3Se/c1-25(2)18-11-7-8-12-20(18)28(15-9-5-4-6-10-15)23-19(25)14-16(31-23)13-17-21(29)26-24(32)27(3)22(17)30/h4-14H,1-3H3/b17-13+. The molecule has 5 rings (SSSR count). The minimum atomic E-state index is -0.585. The van der Waals surface area contributed by atoms with Gasteiger partial charge in [0.05, 0.1) is 0 Å². The van der Waals surface area contributed by atoms with Gasteiger partial charge in [-0.15, -0.1) is 0 Å². The maximum atomic E-state index is 12.7. The molecule has 2 aromatic carbocycles. The number of anilines is 3. The summed E-state index contributed by atoms with van der Waals surface area (Å²) >= 11 is 2.64. The fourth-order valence-electron chi connectivity index (χ4n) is 4.22. The number of amides is 2. The van der Waals surface area contributed by atoms with E-state index in [2.05, 4.69) is 51.9 Å². The van der Waals surface area contributed by atoms with Gasteiger partial charge in [-0.1, -0.05) is 6.07 Å². The third-order valence-electron chi connectivity index (χ3n) is 5.98. The molecule has 32 heavy (non-hydrogen) atoms. The van der Waals surface area contributed by atoms with Crippen LogP contribution in [0.2, 0.25) is 0 Å². The number of hydrogen-bond acceptors (Lipinski definition) is 4. The van der Waals surface area contributed by atoms with Gasteiger partial charge in [0.2, 0.25) is 0 Å². The van der Waals surface area contributed by atoms with Crippen molar-refractivity contribution in [2.24, 2.45) is 4.99 Å². The van der Waals surface area contributed by atoms with E-state index in [0.717, 1.165) is 22.5 Å². The number of furan rings is 1.